The van der Waals surface area contributed by atoms with Crippen molar-refractivity contribution < 1.29 is 9.15 Å². The smallest absolute Gasteiger partial charge is 0.159 e. The molecule has 2 heterocycles. The van der Waals surface area contributed by atoms with E-state index in [9.17, 15) is 0 Å². The SMILES string of the molecule is CC1(C)c2ccccc2-c2ccc(N(c3ccccc3-c3ccccc3)c3cc4c5cccc6c5c(cc4c4ccccc34)-c3ccc(N(c4ccccc4)c4cccc5c4oc4ccccc45)cc3O6)cc21. The summed E-state index contributed by atoms with van der Waals surface area (Å²) < 4.78 is 13.7. The summed E-state index contributed by atoms with van der Waals surface area (Å²) in [6, 6.07) is 87.8. The van der Waals surface area contributed by atoms with Crippen LogP contribution in [0.5, 0.6) is 11.5 Å². The molecule has 4 heteroatoms. The van der Waals surface area contributed by atoms with Gasteiger partial charge in [-0.15, -0.1) is 0 Å². The van der Waals surface area contributed by atoms with E-state index in [1.807, 2.05) is 12.1 Å². The van der Waals surface area contributed by atoms with Gasteiger partial charge in [0.2, 0.25) is 0 Å². The van der Waals surface area contributed by atoms with Crippen LogP contribution in [-0.4, -0.2) is 0 Å². The van der Waals surface area contributed by atoms with E-state index in [1.54, 1.807) is 0 Å². The Bertz CT molecular complexity index is 4400. The fraction of sp³-hybridized carbons (Fsp3) is 0.0435. The summed E-state index contributed by atoms with van der Waals surface area (Å²) in [7, 11) is 0. The summed E-state index contributed by atoms with van der Waals surface area (Å²) in [5, 5.41) is 9.16. The van der Waals surface area contributed by atoms with Gasteiger partial charge in [-0.2, -0.15) is 0 Å². The lowest BCUT2D eigenvalue weighted by atomic mass is 9.82. The number of furan rings is 1. The fourth-order valence-corrected chi connectivity index (χ4v) is 12.2. The van der Waals surface area contributed by atoms with E-state index in [0.29, 0.717) is 0 Å². The van der Waals surface area contributed by atoms with Gasteiger partial charge >= 0.3 is 0 Å². The predicted octanol–water partition coefficient (Wildman–Crippen LogP) is 19.7. The maximum absolute atomic E-state index is 7.09. The fourth-order valence-electron chi connectivity index (χ4n) is 12.2. The topological polar surface area (TPSA) is 28.9 Å². The molecule has 12 aromatic carbocycles. The highest BCUT2D eigenvalue weighted by Gasteiger charge is 2.36. The van der Waals surface area contributed by atoms with Crippen molar-refractivity contribution in [3.63, 3.8) is 0 Å². The summed E-state index contributed by atoms with van der Waals surface area (Å²) >= 11 is 0. The molecular formula is C69H46N2O2. The molecule has 1 aromatic heterocycles. The Morgan fingerprint density at radius 3 is 1.79 bits per heavy atom. The quantitative estimate of drug-likeness (QED) is 0.149. The van der Waals surface area contributed by atoms with Crippen LogP contribution in [0.3, 0.4) is 0 Å². The van der Waals surface area contributed by atoms with Gasteiger partial charge in [0.15, 0.2) is 5.58 Å². The zero-order valence-corrected chi connectivity index (χ0v) is 40.3. The van der Waals surface area contributed by atoms with Crippen LogP contribution in [0.15, 0.2) is 247 Å². The molecule has 13 aromatic rings. The monoisotopic (exact) mass is 934 g/mol. The Hall–Kier alpha value is -9.38. The van der Waals surface area contributed by atoms with Gasteiger partial charge in [-0.05, 0) is 128 Å². The van der Waals surface area contributed by atoms with Crippen LogP contribution in [-0.2, 0) is 5.41 Å². The first-order chi connectivity index (χ1) is 36.0. The van der Waals surface area contributed by atoms with E-state index >= 15 is 0 Å². The summed E-state index contributed by atoms with van der Waals surface area (Å²) in [6.45, 7) is 4.73. The zero-order chi connectivity index (χ0) is 48.4. The van der Waals surface area contributed by atoms with Gasteiger partial charge in [0.05, 0.1) is 22.7 Å². The molecule has 73 heavy (non-hydrogen) atoms. The molecule has 0 amide bonds. The van der Waals surface area contributed by atoms with E-state index < -0.39 is 0 Å². The van der Waals surface area contributed by atoms with E-state index in [0.717, 1.165) is 95.0 Å². The maximum Gasteiger partial charge on any atom is 0.159 e. The molecule has 1 aliphatic carbocycles. The van der Waals surface area contributed by atoms with Gasteiger partial charge in [-0.3, -0.25) is 0 Å². The number of benzene rings is 12. The summed E-state index contributed by atoms with van der Waals surface area (Å²) in [5.74, 6) is 1.65. The highest BCUT2D eigenvalue weighted by molar-refractivity contribution is 6.26. The molecule has 0 saturated heterocycles. The van der Waals surface area contributed by atoms with Crippen molar-refractivity contribution in [3.05, 3.63) is 254 Å². The first-order valence-corrected chi connectivity index (χ1v) is 25.2. The minimum absolute atomic E-state index is 0.172. The molecule has 0 bridgehead atoms. The number of hydrogen-bond acceptors (Lipinski definition) is 4. The van der Waals surface area contributed by atoms with Crippen molar-refractivity contribution in [2.24, 2.45) is 0 Å². The van der Waals surface area contributed by atoms with Gasteiger partial charge in [0.1, 0.15) is 17.1 Å². The highest BCUT2D eigenvalue weighted by atomic mass is 16.5. The van der Waals surface area contributed by atoms with E-state index in [4.69, 9.17) is 9.15 Å². The number of para-hydroxylation sites is 4. The number of anilines is 6. The summed E-state index contributed by atoms with van der Waals surface area (Å²) in [4.78, 5) is 4.79. The van der Waals surface area contributed by atoms with Crippen LogP contribution in [0, 0.1) is 0 Å². The molecule has 1 aliphatic heterocycles. The van der Waals surface area contributed by atoms with Crippen molar-refractivity contribution in [3.8, 4) is 44.9 Å². The van der Waals surface area contributed by atoms with Crippen LogP contribution in [0.4, 0.5) is 34.1 Å². The van der Waals surface area contributed by atoms with Gasteiger partial charge in [0.25, 0.3) is 0 Å². The third kappa shape index (κ3) is 6.20. The lowest BCUT2D eigenvalue weighted by Crippen LogP contribution is -2.17. The predicted molar refractivity (Wildman–Crippen MR) is 304 cm³/mol. The van der Waals surface area contributed by atoms with Crippen LogP contribution >= 0.6 is 0 Å². The lowest BCUT2D eigenvalue weighted by Gasteiger charge is -2.31. The van der Waals surface area contributed by atoms with Crippen molar-refractivity contribution in [1.82, 2.24) is 0 Å². The number of ether oxygens (including phenoxy) is 1. The Kier molecular flexibility index (Phi) is 8.97. The second-order valence-corrected chi connectivity index (χ2v) is 20.0. The van der Waals surface area contributed by atoms with Crippen LogP contribution in [0.1, 0.15) is 25.0 Å². The van der Waals surface area contributed by atoms with Crippen molar-refractivity contribution in [2.45, 2.75) is 19.3 Å². The maximum atomic E-state index is 7.09. The highest BCUT2D eigenvalue weighted by Crippen LogP contribution is 2.55. The van der Waals surface area contributed by atoms with Gasteiger partial charge in [-0.1, -0.05) is 178 Å². The molecule has 0 N–H and O–H groups in total. The minimum Gasteiger partial charge on any atom is -0.456 e. The number of nitrogens with zero attached hydrogens (tertiary/aromatic N) is 2. The minimum atomic E-state index is -0.172. The Morgan fingerprint density at radius 1 is 0.329 bits per heavy atom. The second kappa shape index (κ2) is 15.8. The first kappa shape index (κ1) is 41.4. The second-order valence-electron chi connectivity index (χ2n) is 20.0. The number of hydrogen-bond donors (Lipinski definition) is 0. The molecule has 0 radical (unpaired) electrons. The molecule has 15 rings (SSSR count). The molecule has 2 aliphatic rings. The third-order valence-corrected chi connectivity index (χ3v) is 15.6. The first-order valence-electron chi connectivity index (χ1n) is 25.2. The van der Waals surface area contributed by atoms with Gasteiger partial charge in [-0.25, -0.2) is 0 Å². The van der Waals surface area contributed by atoms with Crippen molar-refractivity contribution in [1.29, 1.82) is 0 Å². The Balaban J connectivity index is 0.941. The molecular weight excluding hydrogens is 889 g/mol. The number of fused-ring (bicyclic) bond motifs is 12. The van der Waals surface area contributed by atoms with Crippen LogP contribution in [0.2, 0.25) is 0 Å². The summed E-state index contributed by atoms with van der Waals surface area (Å²) in [5.41, 5.74) is 17.7. The van der Waals surface area contributed by atoms with Crippen LogP contribution < -0.4 is 14.5 Å². The average Bonchev–Trinajstić information content (AvgIpc) is 3.95. The van der Waals surface area contributed by atoms with Crippen LogP contribution in [0.25, 0.3) is 87.6 Å². The Labute approximate surface area is 423 Å². The molecule has 344 valence electrons. The third-order valence-electron chi connectivity index (χ3n) is 15.6. The molecule has 4 nitrogen and oxygen atoms in total. The zero-order valence-electron chi connectivity index (χ0n) is 40.3. The largest absolute Gasteiger partial charge is 0.456 e. The molecule has 0 saturated carbocycles. The molecule has 0 spiro atoms. The van der Waals surface area contributed by atoms with E-state index in [1.165, 1.54) is 49.4 Å². The van der Waals surface area contributed by atoms with E-state index in [2.05, 4.69) is 254 Å². The normalized spacial score (nSPS) is 13.0. The standard InChI is InChI=1S/C69H46N2O2/c1-69(2)59-30-14-11-25-49(59)50-37-35-45(39-60(50)69)71(61-31-15-12-23-47(61)43-19-5-3-6-20-43)63-42-57-54-28-18-34-65-67(54)58(41-56(57)48-24-9-10-26-51(48)63)53-38-36-46(40-66(53)72-65)70(44-21-7-4-8-22-44)62-32-17-29-55-52-27-13-16-33-64(52)73-68(55)62/h3-42H,1-2H3. The van der Waals surface area contributed by atoms with E-state index in [-0.39, 0.29) is 5.41 Å². The van der Waals surface area contributed by atoms with Crippen molar-refractivity contribution in [2.75, 3.05) is 9.80 Å². The van der Waals surface area contributed by atoms with Crippen molar-refractivity contribution >= 4 is 88.4 Å². The lowest BCUT2D eigenvalue weighted by molar-refractivity contribution is 0.487. The van der Waals surface area contributed by atoms with Gasteiger partial charge in [0, 0.05) is 55.5 Å². The summed E-state index contributed by atoms with van der Waals surface area (Å²) in [6.07, 6.45) is 0. The molecule has 0 unspecified atom stereocenters. The number of rotatable bonds is 7. The Morgan fingerprint density at radius 2 is 0.945 bits per heavy atom. The molecule has 0 fully saturated rings. The van der Waals surface area contributed by atoms with Gasteiger partial charge < -0.3 is 19.0 Å². The average molecular weight is 935 g/mol. The molecule has 0 atom stereocenters.